The predicted octanol–water partition coefficient (Wildman–Crippen LogP) is 1.98. The first kappa shape index (κ1) is 15.5. The van der Waals surface area contributed by atoms with Crippen LogP contribution in [0, 0.1) is 6.92 Å². The number of anilines is 1. The molecule has 0 unspecified atom stereocenters. The van der Waals surface area contributed by atoms with Crippen molar-refractivity contribution in [1.29, 1.82) is 0 Å². The molecule has 0 N–H and O–H groups in total. The normalized spacial score (nSPS) is 23.9. The minimum absolute atomic E-state index is 0.305. The van der Waals surface area contributed by atoms with Gasteiger partial charge in [-0.2, -0.15) is 0 Å². The Morgan fingerprint density at radius 1 is 1.35 bits per heavy atom. The molecule has 6 heteroatoms. The molecule has 1 fully saturated rings. The van der Waals surface area contributed by atoms with Crippen LogP contribution in [0.5, 0.6) is 0 Å². The van der Waals surface area contributed by atoms with E-state index in [2.05, 4.69) is 33.6 Å². The van der Waals surface area contributed by atoms with Crippen LogP contribution in [0.4, 0.5) is 5.82 Å². The van der Waals surface area contributed by atoms with Crippen LogP contribution in [0.3, 0.4) is 0 Å². The third kappa shape index (κ3) is 4.30. The smallest absolute Gasteiger partial charge is 0.134 e. The summed E-state index contributed by atoms with van der Waals surface area (Å²) < 4.78 is 5.75. The van der Waals surface area contributed by atoms with Gasteiger partial charge in [0.05, 0.1) is 12.2 Å². The minimum Gasteiger partial charge on any atom is -0.373 e. The highest BCUT2D eigenvalue weighted by Crippen LogP contribution is 2.15. The summed E-state index contributed by atoms with van der Waals surface area (Å²) in [5.74, 6) is 1.57. The molecule has 1 saturated heterocycles. The van der Waals surface area contributed by atoms with Crippen LogP contribution in [0.15, 0.2) is 6.07 Å². The van der Waals surface area contributed by atoms with E-state index in [9.17, 15) is 0 Å². The third-order valence-corrected chi connectivity index (χ3v) is 3.62. The van der Waals surface area contributed by atoms with Crippen LogP contribution in [-0.4, -0.2) is 60.3 Å². The van der Waals surface area contributed by atoms with Gasteiger partial charge in [-0.1, -0.05) is 11.6 Å². The first-order chi connectivity index (χ1) is 9.44. The molecule has 112 valence electrons. The van der Waals surface area contributed by atoms with E-state index in [1.807, 2.05) is 14.0 Å². The molecule has 2 atom stereocenters. The Kier molecular flexibility index (Phi) is 5.18. The van der Waals surface area contributed by atoms with E-state index < -0.39 is 0 Å². The molecule has 0 radical (unpaired) electrons. The van der Waals surface area contributed by atoms with E-state index in [0.29, 0.717) is 23.2 Å². The fourth-order valence-electron chi connectivity index (χ4n) is 2.58. The monoisotopic (exact) mass is 298 g/mol. The van der Waals surface area contributed by atoms with Crippen molar-refractivity contribution in [3.05, 3.63) is 17.0 Å². The zero-order valence-electron chi connectivity index (χ0n) is 12.6. The number of morpholine rings is 1. The standard InChI is InChI=1S/C14H23ClN4O/c1-10-8-19(9-11(2)20-10)6-5-18(4)14-7-13(15)16-12(3)17-14/h7,10-11H,5-6,8-9H2,1-4H3/t10-,11+. The molecule has 0 bridgehead atoms. The molecule has 1 aliphatic rings. The van der Waals surface area contributed by atoms with Gasteiger partial charge >= 0.3 is 0 Å². The lowest BCUT2D eigenvalue weighted by Gasteiger charge is -2.36. The first-order valence-electron chi connectivity index (χ1n) is 7.04. The molecule has 0 aliphatic carbocycles. The second-order valence-electron chi connectivity index (χ2n) is 5.53. The molecule has 1 aliphatic heterocycles. The van der Waals surface area contributed by atoms with Gasteiger partial charge in [-0.15, -0.1) is 0 Å². The second-order valence-corrected chi connectivity index (χ2v) is 5.92. The van der Waals surface area contributed by atoms with E-state index >= 15 is 0 Å². The number of hydrogen-bond acceptors (Lipinski definition) is 5. The fourth-order valence-corrected chi connectivity index (χ4v) is 2.80. The van der Waals surface area contributed by atoms with Gasteiger partial charge in [0, 0.05) is 39.3 Å². The number of aromatic nitrogens is 2. The van der Waals surface area contributed by atoms with Gasteiger partial charge in [0.15, 0.2) is 0 Å². The molecule has 0 saturated carbocycles. The number of ether oxygens (including phenoxy) is 1. The Morgan fingerprint density at radius 3 is 2.60 bits per heavy atom. The lowest BCUT2D eigenvalue weighted by Crippen LogP contribution is -2.47. The first-order valence-corrected chi connectivity index (χ1v) is 7.42. The largest absolute Gasteiger partial charge is 0.373 e. The summed E-state index contributed by atoms with van der Waals surface area (Å²) in [7, 11) is 2.03. The number of aryl methyl sites for hydroxylation is 1. The average Bonchev–Trinajstić information content (AvgIpc) is 2.33. The molecule has 2 rings (SSSR count). The van der Waals surface area contributed by atoms with Crippen molar-refractivity contribution in [2.75, 3.05) is 38.1 Å². The summed E-state index contributed by atoms with van der Waals surface area (Å²) in [6.45, 7) is 9.99. The minimum atomic E-state index is 0.305. The van der Waals surface area contributed by atoms with Crippen LogP contribution in [0.2, 0.25) is 5.15 Å². The van der Waals surface area contributed by atoms with Crippen LogP contribution < -0.4 is 4.90 Å². The highest BCUT2D eigenvalue weighted by Gasteiger charge is 2.22. The summed E-state index contributed by atoms with van der Waals surface area (Å²) in [6, 6.07) is 1.80. The SMILES string of the molecule is Cc1nc(Cl)cc(N(C)CCN2C[C@@H](C)O[C@@H](C)C2)n1. The summed E-state index contributed by atoms with van der Waals surface area (Å²) in [4.78, 5) is 13.1. The lowest BCUT2D eigenvalue weighted by molar-refractivity contribution is -0.0670. The van der Waals surface area contributed by atoms with Crippen molar-refractivity contribution in [2.45, 2.75) is 33.0 Å². The quantitative estimate of drug-likeness (QED) is 0.795. The van der Waals surface area contributed by atoms with Crippen LogP contribution in [0.1, 0.15) is 19.7 Å². The third-order valence-electron chi connectivity index (χ3n) is 3.43. The maximum atomic E-state index is 5.98. The zero-order chi connectivity index (χ0) is 14.7. The van der Waals surface area contributed by atoms with Gasteiger partial charge in [0.2, 0.25) is 0 Å². The molecule has 2 heterocycles. The molecule has 5 nitrogen and oxygen atoms in total. The van der Waals surface area contributed by atoms with Crippen molar-refractivity contribution in [3.63, 3.8) is 0 Å². The number of halogens is 1. The molecular weight excluding hydrogens is 276 g/mol. The Morgan fingerprint density at radius 2 is 2.00 bits per heavy atom. The van der Waals surface area contributed by atoms with Gasteiger partial charge in [-0.25, -0.2) is 9.97 Å². The van der Waals surface area contributed by atoms with E-state index in [1.54, 1.807) is 6.07 Å². The summed E-state index contributed by atoms with van der Waals surface area (Å²) >= 11 is 5.98. The number of nitrogens with zero attached hydrogens (tertiary/aromatic N) is 4. The van der Waals surface area contributed by atoms with E-state index in [0.717, 1.165) is 32.0 Å². The van der Waals surface area contributed by atoms with Crippen molar-refractivity contribution in [2.24, 2.45) is 0 Å². The van der Waals surface area contributed by atoms with Crippen molar-refractivity contribution < 1.29 is 4.74 Å². The summed E-state index contributed by atoms with van der Waals surface area (Å²) in [5, 5.41) is 0.493. The predicted molar refractivity (Wildman–Crippen MR) is 81.5 cm³/mol. The molecule has 20 heavy (non-hydrogen) atoms. The lowest BCUT2D eigenvalue weighted by atomic mass is 10.2. The van der Waals surface area contributed by atoms with Crippen LogP contribution in [0.25, 0.3) is 0 Å². The average molecular weight is 299 g/mol. The number of rotatable bonds is 4. The Labute approximate surface area is 125 Å². The number of likely N-dealkylation sites (N-methyl/N-ethyl adjacent to an activating group) is 1. The van der Waals surface area contributed by atoms with Gasteiger partial charge in [0.25, 0.3) is 0 Å². The van der Waals surface area contributed by atoms with Gasteiger partial charge in [0.1, 0.15) is 16.8 Å². The Balaban J connectivity index is 1.89. The maximum Gasteiger partial charge on any atom is 0.134 e. The van der Waals surface area contributed by atoms with Crippen LogP contribution in [-0.2, 0) is 4.74 Å². The van der Waals surface area contributed by atoms with Crippen molar-refractivity contribution in [3.8, 4) is 0 Å². The highest BCUT2D eigenvalue weighted by molar-refractivity contribution is 6.29. The Bertz CT molecular complexity index is 427. The van der Waals surface area contributed by atoms with E-state index in [1.165, 1.54) is 0 Å². The zero-order valence-corrected chi connectivity index (χ0v) is 13.4. The molecule has 0 spiro atoms. The van der Waals surface area contributed by atoms with Crippen molar-refractivity contribution >= 4 is 17.4 Å². The van der Waals surface area contributed by atoms with Gasteiger partial charge < -0.3 is 9.64 Å². The summed E-state index contributed by atoms with van der Waals surface area (Å²) in [6.07, 6.45) is 0.611. The van der Waals surface area contributed by atoms with E-state index in [-0.39, 0.29) is 0 Å². The van der Waals surface area contributed by atoms with Gasteiger partial charge in [-0.05, 0) is 20.8 Å². The maximum absolute atomic E-state index is 5.98. The van der Waals surface area contributed by atoms with Crippen molar-refractivity contribution in [1.82, 2.24) is 14.9 Å². The Hall–Kier alpha value is -0.910. The number of hydrogen-bond donors (Lipinski definition) is 0. The van der Waals surface area contributed by atoms with E-state index in [4.69, 9.17) is 16.3 Å². The molecule has 1 aromatic rings. The molecule has 0 amide bonds. The topological polar surface area (TPSA) is 41.5 Å². The summed E-state index contributed by atoms with van der Waals surface area (Å²) in [5.41, 5.74) is 0. The highest BCUT2D eigenvalue weighted by atomic mass is 35.5. The molecule has 0 aromatic carbocycles. The van der Waals surface area contributed by atoms with Gasteiger partial charge in [-0.3, -0.25) is 4.90 Å². The molecular formula is C14H23ClN4O. The fraction of sp³-hybridized carbons (Fsp3) is 0.714. The molecule has 1 aromatic heterocycles. The van der Waals surface area contributed by atoms with Crippen LogP contribution >= 0.6 is 11.6 Å². The second kappa shape index (κ2) is 6.70.